The van der Waals surface area contributed by atoms with Crippen LogP contribution in [0.3, 0.4) is 0 Å². The van der Waals surface area contributed by atoms with Gasteiger partial charge < -0.3 is 19.6 Å². The lowest BCUT2D eigenvalue weighted by Gasteiger charge is -2.29. The van der Waals surface area contributed by atoms with Crippen molar-refractivity contribution >= 4 is 17.4 Å². The number of carbonyl (C=O) groups excluding carboxylic acids is 1. The molecule has 0 fully saturated rings. The van der Waals surface area contributed by atoms with E-state index in [4.69, 9.17) is 0 Å². The summed E-state index contributed by atoms with van der Waals surface area (Å²) in [4.78, 5) is 27.4. The second kappa shape index (κ2) is 6.34. The second-order valence-electron chi connectivity index (χ2n) is 5.51. The SMILES string of the molecule is O=C(CCn1cnc([N+](=O)[O-])c1)N1CCCc2c(F)cc(F)cc21. The summed E-state index contributed by atoms with van der Waals surface area (Å²) in [5.41, 5.74) is 0.606. The Morgan fingerprint density at radius 2 is 2.17 bits per heavy atom. The van der Waals surface area contributed by atoms with Gasteiger partial charge in [0.05, 0.1) is 5.69 Å². The first-order chi connectivity index (χ1) is 11.5. The van der Waals surface area contributed by atoms with Gasteiger partial charge in [0, 0.05) is 31.1 Å². The molecule has 0 aliphatic carbocycles. The maximum atomic E-state index is 13.8. The molecule has 0 radical (unpaired) electrons. The number of carbonyl (C=O) groups is 1. The lowest BCUT2D eigenvalue weighted by Crippen LogP contribution is -2.36. The number of fused-ring (bicyclic) bond motifs is 1. The van der Waals surface area contributed by atoms with Gasteiger partial charge in [-0.2, -0.15) is 0 Å². The average Bonchev–Trinajstić information content (AvgIpc) is 3.01. The Morgan fingerprint density at radius 3 is 2.88 bits per heavy atom. The number of rotatable bonds is 4. The quantitative estimate of drug-likeness (QED) is 0.634. The van der Waals surface area contributed by atoms with Crippen LogP contribution in [0.1, 0.15) is 18.4 Å². The van der Waals surface area contributed by atoms with Gasteiger partial charge in [0.1, 0.15) is 17.8 Å². The number of aryl methyl sites for hydroxylation is 1. The summed E-state index contributed by atoms with van der Waals surface area (Å²) in [6, 6.07) is 1.98. The zero-order chi connectivity index (χ0) is 17.3. The average molecular weight is 336 g/mol. The van der Waals surface area contributed by atoms with Crippen LogP contribution in [0.15, 0.2) is 24.7 Å². The molecular formula is C15H14F2N4O3. The van der Waals surface area contributed by atoms with Crippen LogP contribution in [0.4, 0.5) is 20.3 Å². The molecule has 1 aromatic carbocycles. The Balaban J connectivity index is 1.73. The molecule has 1 aliphatic heterocycles. The third-order valence-electron chi connectivity index (χ3n) is 3.93. The van der Waals surface area contributed by atoms with Crippen LogP contribution in [0, 0.1) is 21.7 Å². The van der Waals surface area contributed by atoms with Gasteiger partial charge in [-0.25, -0.2) is 8.78 Å². The molecule has 1 amide bonds. The third-order valence-corrected chi connectivity index (χ3v) is 3.93. The van der Waals surface area contributed by atoms with Crippen LogP contribution in [0.2, 0.25) is 0 Å². The fourth-order valence-electron chi connectivity index (χ4n) is 2.80. The normalized spacial score (nSPS) is 13.7. The smallest absolute Gasteiger partial charge is 0.358 e. The molecule has 126 valence electrons. The van der Waals surface area contributed by atoms with Crippen molar-refractivity contribution in [2.45, 2.75) is 25.8 Å². The molecule has 0 bridgehead atoms. The molecule has 1 aromatic heterocycles. The van der Waals surface area contributed by atoms with Crippen molar-refractivity contribution in [2.24, 2.45) is 0 Å². The van der Waals surface area contributed by atoms with E-state index in [-0.39, 0.29) is 30.4 Å². The lowest BCUT2D eigenvalue weighted by molar-refractivity contribution is -0.389. The first-order valence-electron chi connectivity index (χ1n) is 7.40. The van der Waals surface area contributed by atoms with E-state index in [0.717, 1.165) is 12.1 Å². The highest BCUT2D eigenvalue weighted by atomic mass is 19.1. The molecule has 0 unspecified atom stereocenters. The van der Waals surface area contributed by atoms with E-state index >= 15 is 0 Å². The summed E-state index contributed by atoms with van der Waals surface area (Å²) in [5, 5.41) is 10.6. The Kier molecular flexibility index (Phi) is 4.24. The Labute approximate surface area is 135 Å². The molecule has 7 nitrogen and oxygen atoms in total. The highest BCUT2D eigenvalue weighted by Crippen LogP contribution is 2.30. The van der Waals surface area contributed by atoms with Crippen LogP contribution in [-0.2, 0) is 17.8 Å². The van der Waals surface area contributed by atoms with Gasteiger partial charge in [-0.15, -0.1) is 0 Å². The van der Waals surface area contributed by atoms with E-state index in [1.165, 1.54) is 22.0 Å². The second-order valence-corrected chi connectivity index (χ2v) is 5.51. The number of hydrogen-bond acceptors (Lipinski definition) is 4. The molecule has 9 heteroatoms. The molecule has 0 N–H and O–H groups in total. The maximum absolute atomic E-state index is 13.8. The summed E-state index contributed by atoms with van der Waals surface area (Å²) in [6.45, 7) is 0.585. The fraction of sp³-hybridized carbons (Fsp3) is 0.333. The number of imidazole rings is 1. The summed E-state index contributed by atoms with van der Waals surface area (Å²) in [6.07, 6.45) is 3.60. The molecule has 0 saturated carbocycles. The van der Waals surface area contributed by atoms with Crippen molar-refractivity contribution in [2.75, 3.05) is 11.4 Å². The number of benzene rings is 1. The largest absolute Gasteiger partial charge is 0.381 e. The van der Waals surface area contributed by atoms with Crippen LogP contribution in [0.25, 0.3) is 0 Å². The molecule has 0 atom stereocenters. The van der Waals surface area contributed by atoms with E-state index < -0.39 is 16.6 Å². The van der Waals surface area contributed by atoms with Crippen molar-refractivity contribution in [3.05, 3.63) is 52.0 Å². The topological polar surface area (TPSA) is 81.3 Å². The molecule has 1 aliphatic rings. The van der Waals surface area contributed by atoms with Crippen LogP contribution < -0.4 is 4.90 Å². The molecule has 3 rings (SSSR count). The number of nitro groups is 1. The molecule has 0 spiro atoms. The Morgan fingerprint density at radius 1 is 1.38 bits per heavy atom. The first-order valence-corrected chi connectivity index (χ1v) is 7.40. The number of aromatic nitrogens is 2. The zero-order valence-electron chi connectivity index (χ0n) is 12.6. The number of nitrogens with zero attached hydrogens (tertiary/aromatic N) is 4. The minimum atomic E-state index is -0.726. The Hall–Kier alpha value is -2.84. The van der Waals surface area contributed by atoms with E-state index in [9.17, 15) is 23.7 Å². The monoisotopic (exact) mass is 336 g/mol. The van der Waals surface area contributed by atoms with Crippen molar-refractivity contribution < 1.29 is 18.5 Å². The summed E-state index contributed by atoms with van der Waals surface area (Å²) in [5.74, 6) is -1.96. The number of hydrogen-bond donors (Lipinski definition) is 0. The van der Waals surface area contributed by atoms with Crippen molar-refractivity contribution in [3.63, 3.8) is 0 Å². The Bertz CT molecular complexity index is 806. The van der Waals surface area contributed by atoms with Crippen molar-refractivity contribution in [3.8, 4) is 0 Å². The van der Waals surface area contributed by atoms with Gasteiger partial charge in [0.25, 0.3) is 0 Å². The van der Waals surface area contributed by atoms with Crippen molar-refractivity contribution in [1.82, 2.24) is 9.55 Å². The lowest BCUT2D eigenvalue weighted by atomic mass is 10.0. The molecule has 0 saturated heterocycles. The first kappa shape index (κ1) is 16.0. The summed E-state index contributed by atoms with van der Waals surface area (Å²) in [7, 11) is 0. The molecule has 2 aromatic rings. The minimum Gasteiger partial charge on any atom is -0.358 e. The van der Waals surface area contributed by atoms with E-state index in [1.54, 1.807) is 0 Å². The highest BCUT2D eigenvalue weighted by Gasteiger charge is 2.25. The fourth-order valence-corrected chi connectivity index (χ4v) is 2.80. The van der Waals surface area contributed by atoms with Gasteiger partial charge in [-0.05, 0) is 28.8 Å². The molecule has 24 heavy (non-hydrogen) atoms. The highest BCUT2D eigenvalue weighted by molar-refractivity contribution is 5.94. The van der Waals surface area contributed by atoms with E-state index in [0.29, 0.717) is 24.9 Å². The van der Waals surface area contributed by atoms with E-state index in [1.807, 2.05) is 0 Å². The summed E-state index contributed by atoms with van der Waals surface area (Å²) >= 11 is 0. The zero-order valence-corrected chi connectivity index (χ0v) is 12.6. The van der Waals surface area contributed by atoms with Crippen LogP contribution >= 0.6 is 0 Å². The van der Waals surface area contributed by atoms with Gasteiger partial charge in [0.2, 0.25) is 12.2 Å². The van der Waals surface area contributed by atoms with Gasteiger partial charge in [0.15, 0.2) is 0 Å². The number of anilines is 1. The van der Waals surface area contributed by atoms with Gasteiger partial charge in [-0.1, -0.05) is 0 Å². The number of halogens is 2. The summed E-state index contributed by atoms with van der Waals surface area (Å²) < 4.78 is 28.7. The minimum absolute atomic E-state index is 0.0467. The van der Waals surface area contributed by atoms with Crippen LogP contribution in [-0.4, -0.2) is 26.9 Å². The third kappa shape index (κ3) is 3.10. The number of amides is 1. The van der Waals surface area contributed by atoms with Gasteiger partial charge >= 0.3 is 5.82 Å². The van der Waals surface area contributed by atoms with Gasteiger partial charge in [-0.3, -0.25) is 4.79 Å². The predicted molar refractivity (Wildman–Crippen MR) is 80.5 cm³/mol. The van der Waals surface area contributed by atoms with Crippen LogP contribution in [0.5, 0.6) is 0 Å². The van der Waals surface area contributed by atoms with E-state index in [2.05, 4.69) is 4.98 Å². The molecule has 2 heterocycles. The van der Waals surface area contributed by atoms with Crippen molar-refractivity contribution in [1.29, 1.82) is 0 Å². The predicted octanol–water partition coefficient (Wildman–Crippen LogP) is 2.44. The standard InChI is InChI=1S/C15H14F2N4O3/c16-10-6-12(17)11-2-1-4-20(13(11)7-10)15(22)3-5-19-8-14(18-9-19)21(23)24/h6-9H,1-5H2. The maximum Gasteiger partial charge on any atom is 0.381 e. The molecular weight excluding hydrogens is 322 g/mol.